The molecule has 0 aromatic carbocycles. The van der Waals surface area contributed by atoms with Gasteiger partial charge in [0.05, 0.1) is 0 Å². The lowest BCUT2D eigenvalue weighted by Crippen LogP contribution is -2.25. The number of nitrogens with one attached hydrogen (secondary N) is 1. The predicted molar refractivity (Wildman–Crippen MR) is 86.3 cm³/mol. The number of hydrogen-bond acceptors (Lipinski definition) is 4. The first-order chi connectivity index (χ1) is 9.97. The van der Waals surface area contributed by atoms with Crippen molar-refractivity contribution in [1.29, 1.82) is 0 Å². The summed E-state index contributed by atoms with van der Waals surface area (Å²) in [5.41, 5.74) is 5.34. The van der Waals surface area contributed by atoms with Gasteiger partial charge in [-0.2, -0.15) is 0 Å². The van der Waals surface area contributed by atoms with Gasteiger partial charge in [-0.1, -0.05) is 13.8 Å². The first kappa shape index (κ1) is 15.6. The Morgan fingerprint density at radius 3 is 2.33 bits per heavy atom. The average Bonchev–Trinajstić information content (AvgIpc) is 2.41. The number of aromatic nitrogens is 3. The third kappa shape index (κ3) is 4.08. The Bertz CT molecular complexity index is 597. The maximum absolute atomic E-state index is 4.64. The summed E-state index contributed by atoms with van der Waals surface area (Å²) in [6.45, 7) is 11.4. The van der Waals surface area contributed by atoms with Crippen molar-refractivity contribution in [3.05, 3.63) is 40.8 Å². The minimum Gasteiger partial charge on any atom is -0.314 e. The number of rotatable bonds is 5. The Morgan fingerprint density at radius 2 is 1.76 bits per heavy atom. The quantitative estimate of drug-likeness (QED) is 0.917. The highest BCUT2D eigenvalue weighted by Crippen LogP contribution is 2.18. The van der Waals surface area contributed by atoms with Gasteiger partial charge >= 0.3 is 0 Å². The lowest BCUT2D eigenvalue weighted by Gasteiger charge is -2.12. The van der Waals surface area contributed by atoms with Crippen LogP contribution in [0.4, 0.5) is 0 Å². The molecule has 0 unspecified atom stereocenters. The van der Waals surface area contributed by atoms with E-state index in [9.17, 15) is 0 Å². The van der Waals surface area contributed by atoms with E-state index in [1.807, 2.05) is 12.1 Å². The van der Waals surface area contributed by atoms with Crippen LogP contribution in [0.2, 0.25) is 0 Å². The monoisotopic (exact) mass is 284 g/mol. The smallest absolute Gasteiger partial charge is 0.178 e. The van der Waals surface area contributed by atoms with E-state index in [4.69, 9.17) is 0 Å². The van der Waals surface area contributed by atoms with Crippen LogP contribution in [0.15, 0.2) is 18.3 Å². The largest absolute Gasteiger partial charge is 0.314 e. The van der Waals surface area contributed by atoms with Crippen molar-refractivity contribution >= 4 is 0 Å². The van der Waals surface area contributed by atoms with E-state index in [2.05, 4.69) is 54.9 Å². The van der Waals surface area contributed by atoms with E-state index in [0.29, 0.717) is 11.9 Å². The second-order valence-corrected chi connectivity index (χ2v) is 5.77. The highest BCUT2D eigenvalue weighted by Gasteiger charge is 2.11. The topological polar surface area (TPSA) is 50.7 Å². The number of pyridine rings is 1. The second kappa shape index (κ2) is 6.76. The zero-order chi connectivity index (χ0) is 15.4. The molecule has 2 aromatic heterocycles. The van der Waals surface area contributed by atoms with Crippen molar-refractivity contribution in [2.24, 2.45) is 0 Å². The first-order valence-corrected chi connectivity index (χ1v) is 7.48. The molecule has 112 valence electrons. The Balaban J connectivity index is 2.24. The van der Waals surface area contributed by atoms with Crippen LogP contribution in [0.1, 0.15) is 36.4 Å². The summed E-state index contributed by atoms with van der Waals surface area (Å²) in [4.78, 5) is 13.7. The molecule has 2 aromatic rings. The van der Waals surface area contributed by atoms with Crippen LogP contribution in [0, 0.1) is 20.8 Å². The van der Waals surface area contributed by atoms with E-state index < -0.39 is 0 Å². The zero-order valence-electron chi connectivity index (χ0n) is 13.6. The van der Waals surface area contributed by atoms with Gasteiger partial charge in [0.15, 0.2) is 5.82 Å². The van der Waals surface area contributed by atoms with Crippen molar-refractivity contribution in [1.82, 2.24) is 20.3 Å². The lowest BCUT2D eigenvalue weighted by atomic mass is 10.1. The van der Waals surface area contributed by atoms with Gasteiger partial charge in [-0.3, -0.25) is 4.98 Å². The molecule has 0 bridgehead atoms. The van der Waals surface area contributed by atoms with Crippen LogP contribution in [0.3, 0.4) is 0 Å². The van der Waals surface area contributed by atoms with E-state index in [1.54, 1.807) is 6.20 Å². The first-order valence-electron chi connectivity index (χ1n) is 7.48. The van der Waals surface area contributed by atoms with Crippen molar-refractivity contribution in [3.63, 3.8) is 0 Å². The Morgan fingerprint density at radius 1 is 1.10 bits per heavy atom. The number of aryl methyl sites for hydroxylation is 3. The second-order valence-electron chi connectivity index (χ2n) is 5.77. The predicted octanol–water partition coefficient (Wildman–Crippen LogP) is 3.00. The normalized spacial score (nSPS) is 11.1. The molecule has 2 rings (SSSR count). The van der Waals surface area contributed by atoms with Crippen molar-refractivity contribution in [3.8, 4) is 11.5 Å². The molecule has 0 saturated heterocycles. The molecule has 0 aliphatic carbocycles. The van der Waals surface area contributed by atoms with Gasteiger partial charge in [-0.15, -0.1) is 0 Å². The molecule has 0 fully saturated rings. The molecule has 1 N–H and O–H groups in total. The Labute approximate surface area is 127 Å². The number of nitrogens with zero attached hydrogens (tertiary/aromatic N) is 3. The highest BCUT2D eigenvalue weighted by molar-refractivity contribution is 5.51. The Hall–Kier alpha value is -1.81. The van der Waals surface area contributed by atoms with Crippen LogP contribution in [-0.4, -0.2) is 27.5 Å². The van der Waals surface area contributed by atoms with E-state index in [1.165, 1.54) is 11.1 Å². The Kier molecular flexibility index (Phi) is 5.02. The van der Waals surface area contributed by atoms with Gasteiger partial charge in [-0.25, -0.2) is 9.97 Å². The standard InChI is InChI=1S/C17H24N4/c1-11(2)18-9-7-15-13(4)20-17(21-14(15)5)16-10-12(3)6-8-19-16/h6,8,10-11,18H,7,9H2,1-5H3. The molecular formula is C17H24N4. The minimum atomic E-state index is 0.502. The molecule has 0 radical (unpaired) electrons. The van der Waals surface area contributed by atoms with E-state index in [0.717, 1.165) is 30.0 Å². The number of hydrogen-bond donors (Lipinski definition) is 1. The van der Waals surface area contributed by atoms with Crippen LogP contribution in [0.25, 0.3) is 11.5 Å². The zero-order valence-corrected chi connectivity index (χ0v) is 13.6. The summed E-state index contributed by atoms with van der Waals surface area (Å²) in [5.74, 6) is 0.717. The summed E-state index contributed by atoms with van der Waals surface area (Å²) in [5, 5.41) is 3.43. The van der Waals surface area contributed by atoms with Gasteiger partial charge in [0.1, 0.15) is 5.69 Å². The van der Waals surface area contributed by atoms with Crippen LogP contribution < -0.4 is 5.32 Å². The van der Waals surface area contributed by atoms with Gasteiger partial charge in [0, 0.05) is 23.6 Å². The van der Waals surface area contributed by atoms with Gasteiger partial charge in [-0.05, 0) is 57.0 Å². The molecule has 0 saturated carbocycles. The van der Waals surface area contributed by atoms with Crippen molar-refractivity contribution in [2.75, 3.05) is 6.54 Å². The molecule has 21 heavy (non-hydrogen) atoms. The average molecular weight is 284 g/mol. The third-order valence-electron chi connectivity index (χ3n) is 3.49. The van der Waals surface area contributed by atoms with Gasteiger partial charge in [0.25, 0.3) is 0 Å². The maximum atomic E-state index is 4.64. The van der Waals surface area contributed by atoms with Gasteiger partial charge < -0.3 is 5.32 Å². The van der Waals surface area contributed by atoms with Gasteiger partial charge in [0.2, 0.25) is 0 Å². The summed E-state index contributed by atoms with van der Waals surface area (Å²) < 4.78 is 0. The van der Waals surface area contributed by atoms with Crippen LogP contribution in [-0.2, 0) is 6.42 Å². The van der Waals surface area contributed by atoms with Crippen LogP contribution in [0.5, 0.6) is 0 Å². The molecule has 2 heterocycles. The summed E-state index contributed by atoms with van der Waals surface area (Å²) in [6, 6.07) is 4.51. The fourth-order valence-corrected chi connectivity index (χ4v) is 2.36. The summed E-state index contributed by atoms with van der Waals surface area (Å²) >= 11 is 0. The van der Waals surface area contributed by atoms with Crippen molar-refractivity contribution < 1.29 is 0 Å². The molecule has 0 aliphatic heterocycles. The third-order valence-corrected chi connectivity index (χ3v) is 3.49. The SMILES string of the molecule is Cc1ccnc(-c2nc(C)c(CCNC(C)C)c(C)n2)c1. The summed E-state index contributed by atoms with van der Waals surface area (Å²) in [7, 11) is 0. The molecule has 0 spiro atoms. The molecular weight excluding hydrogens is 260 g/mol. The van der Waals surface area contributed by atoms with Crippen LogP contribution >= 0.6 is 0 Å². The van der Waals surface area contributed by atoms with E-state index >= 15 is 0 Å². The fraction of sp³-hybridized carbons (Fsp3) is 0.471. The summed E-state index contributed by atoms with van der Waals surface area (Å²) in [6.07, 6.45) is 2.76. The minimum absolute atomic E-state index is 0.502. The molecule has 0 aliphatic rings. The highest BCUT2D eigenvalue weighted by atomic mass is 14.9. The molecule has 0 atom stereocenters. The van der Waals surface area contributed by atoms with Crippen molar-refractivity contribution in [2.45, 2.75) is 47.1 Å². The molecule has 4 heteroatoms. The fourth-order valence-electron chi connectivity index (χ4n) is 2.36. The lowest BCUT2D eigenvalue weighted by molar-refractivity contribution is 0.588. The molecule has 0 amide bonds. The maximum Gasteiger partial charge on any atom is 0.178 e. The molecule has 4 nitrogen and oxygen atoms in total. The van der Waals surface area contributed by atoms with E-state index in [-0.39, 0.29) is 0 Å².